The molecule has 1 heterocycles. The summed E-state index contributed by atoms with van der Waals surface area (Å²) in [6.07, 6.45) is 0. The van der Waals surface area contributed by atoms with Gasteiger partial charge in [0, 0.05) is 22.9 Å². The molecular formula is C18H13ClFN3O3. The molecule has 2 aromatic carbocycles. The monoisotopic (exact) mass is 373 g/mol. The first-order valence-corrected chi connectivity index (χ1v) is 7.91. The van der Waals surface area contributed by atoms with Crippen molar-refractivity contribution in [2.45, 2.75) is 6.92 Å². The highest BCUT2D eigenvalue weighted by molar-refractivity contribution is 6.31. The average Bonchev–Trinajstić information content (AvgIpc) is 3.03. The summed E-state index contributed by atoms with van der Waals surface area (Å²) in [5.74, 6) is -0.472. The largest absolute Gasteiger partial charge is 0.360 e. The molecule has 0 saturated heterocycles. The van der Waals surface area contributed by atoms with Crippen LogP contribution in [0.25, 0.3) is 0 Å². The molecule has 3 rings (SSSR count). The van der Waals surface area contributed by atoms with E-state index in [1.807, 2.05) is 0 Å². The predicted octanol–water partition coefficient (Wildman–Crippen LogP) is 4.28. The van der Waals surface area contributed by atoms with E-state index >= 15 is 0 Å². The van der Waals surface area contributed by atoms with Crippen molar-refractivity contribution in [2.75, 3.05) is 10.6 Å². The minimum absolute atomic E-state index is 0.0853. The zero-order valence-electron chi connectivity index (χ0n) is 13.5. The topological polar surface area (TPSA) is 84.2 Å². The van der Waals surface area contributed by atoms with Crippen molar-refractivity contribution >= 4 is 34.9 Å². The first kappa shape index (κ1) is 17.6. The molecule has 0 spiro atoms. The fourth-order valence-corrected chi connectivity index (χ4v) is 2.34. The number of hydrogen-bond donors (Lipinski definition) is 2. The Bertz CT molecular complexity index is 970. The molecule has 0 unspecified atom stereocenters. The molecule has 0 saturated carbocycles. The fraction of sp³-hybridized carbons (Fsp3) is 0.0556. The molecule has 0 fully saturated rings. The van der Waals surface area contributed by atoms with Crippen molar-refractivity contribution in [3.63, 3.8) is 0 Å². The van der Waals surface area contributed by atoms with Gasteiger partial charge in [-0.1, -0.05) is 16.8 Å². The molecule has 0 aliphatic carbocycles. The first-order chi connectivity index (χ1) is 12.4. The van der Waals surface area contributed by atoms with Crippen LogP contribution in [-0.4, -0.2) is 17.0 Å². The Balaban J connectivity index is 1.67. The standard InChI is InChI=1S/C18H13ClFN3O3/c1-10-8-16(23-26-10)22-18(25)12-4-2-11(3-5-12)17(24)21-13-6-7-15(20)14(19)9-13/h2-9H,1H3,(H,21,24)(H,22,23,25). The van der Waals surface area contributed by atoms with E-state index in [1.165, 1.54) is 36.4 Å². The third-order valence-electron chi connectivity index (χ3n) is 3.46. The minimum atomic E-state index is -0.567. The highest BCUT2D eigenvalue weighted by atomic mass is 35.5. The number of hydrogen-bond acceptors (Lipinski definition) is 4. The number of aryl methyl sites for hydroxylation is 1. The van der Waals surface area contributed by atoms with E-state index in [1.54, 1.807) is 13.0 Å². The molecule has 0 atom stereocenters. The lowest BCUT2D eigenvalue weighted by molar-refractivity contribution is 0.101. The number of rotatable bonds is 4. The summed E-state index contributed by atoms with van der Waals surface area (Å²) in [6, 6.07) is 11.5. The second-order valence-electron chi connectivity index (χ2n) is 5.44. The third-order valence-corrected chi connectivity index (χ3v) is 3.75. The second-order valence-corrected chi connectivity index (χ2v) is 5.84. The van der Waals surface area contributed by atoms with Gasteiger partial charge in [-0.2, -0.15) is 0 Å². The number of aromatic nitrogens is 1. The summed E-state index contributed by atoms with van der Waals surface area (Å²) < 4.78 is 18.0. The van der Waals surface area contributed by atoms with Gasteiger partial charge in [0.1, 0.15) is 11.6 Å². The quantitative estimate of drug-likeness (QED) is 0.714. The number of nitrogens with one attached hydrogen (secondary N) is 2. The number of halogens is 2. The number of amides is 2. The maximum atomic E-state index is 13.1. The molecule has 0 bridgehead atoms. The Morgan fingerprint density at radius 3 is 2.15 bits per heavy atom. The fourth-order valence-electron chi connectivity index (χ4n) is 2.16. The number of anilines is 2. The Morgan fingerprint density at radius 1 is 1.00 bits per heavy atom. The smallest absolute Gasteiger partial charge is 0.256 e. The zero-order valence-corrected chi connectivity index (χ0v) is 14.3. The molecule has 3 aromatic rings. The highest BCUT2D eigenvalue weighted by Crippen LogP contribution is 2.20. The van der Waals surface area contributed by atoms with Crippen molar-refractivity contribution in [1.82, 2.24) is 5.16 Å². The van der Waals surface area contributed by atoms with Crippen molar-refractivity contribution in [1.29, 1.82) is 0 Å². The summed E-state index contributed by atoms with van der Waals surface area (Å²) >= 11 is 5.68. The van der Waals surface area contributed by atoms with Crippen molar-refractivity contribution in [2.24, 2.45) is 0 Å². The number of carbonyl (C=O) groups is 2. The van der Waals surface area contributed by atoms with Crippen LogP contribution in [0, 0.1) is 12.7 Å². The van der Waals surface area contributed by atoms with Gasteiger partial charge < -0.3 is 15.2 Å². The van der Waals surface area contributed by atoms with Gasteiger partial charge in [0.05, 0.1) is 5.02 Å². The molecule has 2 amide bonds. The lowest BCUT2D eigenvalue weighted by atomic mass is 10.1. The van der Waals surface area contributed by atoms with Gasteiger partial charge >= 0.3 is 0 Å². The number of carbonyl (C=O) groups excluding carboxylic acids is 2. The first-order valence-electron chi connectivity index (χ1n) is 7.53. The van der Waals surface area contributed by atoms with E-state index in [4.69, 9.17) is 16.1 Å². The van der Waals surface area contributed by atoms with Crippen LogP contribution in [0.15, 0.2) is 53.1 Å². The number of benzene rings is 2. The van der Waals surface area contributed by atoms with Crippen LogP contribution in [-0.2, 0) is 0 Å². The molecule has 1 aromatic heterocycles. The molecule has 0 radical (unpaired) electrons. The maximum Gasteiger partial charge on any atom is 0.256 e. The molecular weight excluding hydrogens is 361 g/mol. The molecule has 0 aliphatic heterocycles. The summed E-state index contributed by atoms with van der Waals surface area (Å²) in [5, 5.41) is 8.78. The number of nitrogens with zero attached hydrogens (tertiary/aromatic N) is 1. The molecule has 26 heavy (non-hydrogen) atoms. The van der Waals surface area contributed by atoms with Gasteiger partial charge in [-0.25, -0.2) is 4.39 Å². The lowest BCUT2D eigenvalue weighted by Gasteiger charge is -2.07. The SMILES string of the molecule is Cc1cc(NC(=O)c2ccc(C(=O)Nc3ccc(F)c(Cl)c3)cc2)no1. The van der Waals surface area contributed by atoms with E-state index in [9.17, 15) is 14.0 Å². The van der Waals surface area contributed by atoms with Gasteiger partial charge in [0.15, 0.2) is 5.82 Å². The zero-order chi connectivity index (χ0) is 18.7. The van der Waals surface area contributed by atoms with Gasteiger partial charge in [-0.15, -0.1) is 0 Å². The normalized spacial score (nSPS) is 10.4. The van der Waals surface area contributed by atoms with E-state index < -0.39 is 11.7 Å². The Kier molecular flexibility index (Phi) is 4.99. The summed E-state index contributed by atoms with van der Waals surface area (Å²) in [5.41, 5.74) is 1.05. The molecule has 2 N–H and O–H groups in total. The average molecular weight is 374 g/mol. The molecule has 6 nitrogen and oxygen atoms in total. The van der Waals surface area contributed by atoms with Gasteiger partial charge in [-0.3, -0.25) is 9.59 Å². The maximum absolute atomic E-state index is 13.1. The molecule has 8 heteroatoms. The van der Waals surface area contributed by atoms with E-state index in [2.05, 4.69) is 15.8 Å². The van der Waals surface area contributed by atoms with Crippen LogP contribution in [0.1, 0.15) is 26.5 Å². The van der Waals surface area contributed by atoms with Crippen molar-refractivity contribution < 1.29 is 18.5 Å². The van der Waals surface area contributed by atoms with Crippen LogP contribution in [0.3, 0.4) is 0 Å². The van der Waals surface area contributed by atoms with Crippen LogP contribution in [0.4, 0.5) is 15.9 Å². The van der Waals surface area contributed by atoms with Gasteiger partial charge in [0.2, 0.25) is 0 Å². The summed E-state index contributed by atoms with van der Waals surface area (Å²) in [6.45, 7) is 1.71. The Morgan fingerprint density at radius 2 is 1.62 bits per heavy atom. The van der Waals surface area contributed by atoms with Gasteiger partial charge in [-0.05, 0) is 49.4 Å². The van der Waals surface area contributed by atoms with E-state index in [0.29, 0.717) is 28.4 Å². The van der Waals surface area contributed by atoms with Crippen LogP contribution >= 0.6 is 11.6 Å². The third kappa shape index (κ3) is 4.07. The second kappa shape index (κ2) is 7.37. The Labute approximate surface area is 152 Å². The summed E-state index contributed by atoms with van der Waals surface area (Å²) in [7, 11) is 0. The lowest BCUT2D eigenvalue weighted by Crippen LogP contribution is -2.14. The van der Waals surface area contributed by atoms with Crippen LogP contribution in [0.5, 0.6) is 0 Å². The Hall–Kier alpha value is -3.19. The molecule has 0 aliphatic rings. The van der Waals surface area contributed by atoms with Gasteiger partial charge in [0.25, 0.3) is 11.8 Å². The van der Waals surface area contributed by atoms with E-state index in [0.717, 1.165) is 6.07 Å². The molecule has 132 valence electrons. The summed E-state index contributed by atoms with van der Waals surface area (Å²) in [4.78, 5) is 24.3. The van der Waals surface area contributed by atoms with Crippen molar-refractivity contribution in [3.8, 4) is 0 Å². The van der Waals surface area contributed by atoms with Crippen LogP contribution in [0.2, 0.25) is 5.02 Å². The predicted molar refractivity (Wildman–Crippen MR) is 95.0 cm³/mol. The van der Waals surface area contributed by atoms with Crippen molar-refractivity contribution in [3.05, 3.63) is 76.3 Å². The minimum Gasteiger partial charge on any atom is -0.360 e. The van der Waals surface area contributed by atoms with E-state index in [-0.39, 0.29) is 10.9 Å². The highest BCUT2D eigenvalue weighted by Gasteiger charge is 2.12. The van der Waals surface area contributed by atoms with Crippen LogP contribution < -0.4 is 10.6 Å².